The molecule has 0 bridgehead atoms. The Morgan fingerprint density at radius 3 is 1.85 bits per heavy atom. The van der Waals surface area contributed by atoms with E-state index in [9.17, 15) is 8.42 Å². The fourth-order valence-electron chi connectivity index (χ4n) is 1.56. The lowest BCUT2D eigenvalue weighted by molar-refractivity contribution is 0.427. The number of hydrogen-bond donors (Lipinski definition) is 0. The van der Waals surface area contributed by atoms with Crippen LogP contribution in [0.5, 0.6) is 0 Å². The van der Waals surface area contributed by atoms with Crippen LogP contribution in [0.3, 0.4) is 0 Å². The van der Waals surface area contributed by atoms with Crippen molar-refractivity contribution < 1.29 is 8.42 Å². The first-order chi connectivity index (χ1) is 5.99. The molecule has 2 nitrogen and oxygen atoms in total. The molecule has 0 spiro atoms. The molecule has 0 N–H and O–H groups in total. The van der Waals surface area contributed by atoms with Gasteiger partial charge in [-0.3, -0.25) is 0 Å². The molecule has 0 heterocycles. The van der Waals surface area contributed by atoms with E-state index in [1.165, 1.54) is 0 Å². The predicted molar refractivity (Wildman–Crippen MR) is 57.6 cm³/mol. The highest BCUT2D eigenvalue weighted by Gasteiger charge is 2.11. The molecule has 0 unspecified atom stereocenters. The van der Waals surface area contributed by atoms with Crippen LogP contribution in [0, 0.1) is 5.92 Å². The zero-order valence-corrected chi connectivity index (χ0v) is 10.00. The van der Waals surface area contributed by atoms with Crippen molar-refractivity contribution in [3.05, 3.63) is 0 Å². The van der Waals surface area contributed by atoms with E-state index in [4.69, 9.17) is 10.7 Å². The summed E-state index contributed by atoms with van der Waals surface area (Å²) in [6.07, 6.45) is 5.17. The Balaban J connectivity index is 3.81. The molecule has 0 amide bonds. The van der Waals surface area contributed by atoms with Gasteiger partial charge in [0.25, 0.3) is 0 Å². The Bertz CT molecular complexity index is 206. The van der Waals surface area contributed by atoms with E-state index in [0.717, 1.165) is 25.7 Å². The SMILES string of the molecule is CCCC(CCC)CCS(=O)(=O)Cl. The minimum absolute atomic E-state index is 0.124. The quantitative estimate of drug-likeness (QED) is 0.625. The summed E-state index contributed by atoms with van der Waals surface area (Å²) in [5.74, 6) is 0.655. The predicted octanol–water partition coefficient (Wildman–Crippen LogP) is 3.16. The minimum Gasteiger partial charge on any atom is -0.212 e. The maximum atomic E-state index is 10.7. The van der Waals surface area contributed by atoms with Gasteiger partial charge in [0.15, 0.2) is 0 Å². The zero-order valence-electron chi connectivity index (χ0n) is 8.42. The van der Waals surface area contributed by atoms with Crippen LogP contribution >= 0.6 is 10.7 Å². The number of hydrogen-bond acceptors (Lipinski definition) is 2. The van der Waals surface area contributed by atoms with E-state index >= 15 is 0 Å². The molecule has 0 rings (SSSR count). The van der Waals surface area contributed by atoms with Crippen LogP contribution in [-0.4, -0.2) is 14.2 Å². The molecule has 0 aliphatic rings. The van der Waals surface area contributed by atoms with Crippen molar-refractivity contribution in [3.8, 4) is 0 Å². The summed E-state index contributed by atoms with van der Waals surface area (Å²) in [6.45, 7) is 4.25. The molecule has 0 fully saturated rings. The van der Waals surface area contributed by atoms with Gasteiger partial charge in [0.05, 0.1) is 5.75 Å². The lowest BCUT2D eigenvalue weighted by Crippen LogP contribution is -2.06. The maximum Gasteiger partial charge on any atom is 0.232 e. The molecular formula is C9H19ClO2S. The Morgan fingerprint density at radius 1 is 1.08 bits per heavy atom. The molecule has 0 aliphatic carbocycles. The van der Waals surface area contributed by atoms with Gasteiger partial charge in [0.1, 0.15) is 0 Å². The Labute approximate surface area is 86.1 Å². The van der Waals surface area contributed by atoms with Gasteiger partial charge in [-0.15, -0.1) is 0 Å². The molecule has 0 radical (unpaired) electrons. The first kappa shape index (κ1) is 13.2. The summed E-state index contributed by atoms with van der Waals surface area (Å²) < 4.78 is 21.4. The average Bonchev–Trinajstić information content (AvgIpc) is 2.00. The fraction of sp³-hybridized carbons (Fsp3) is 1.00. The highest BCUT2D eigenvalue weighted by molar-refractivity contribution is 8.13. The van der Waals surface area contributed by atoms with Crippen molar-refractivity contribution in [2.75, 3.05) is 5.75 Å². The third-order valence-corrected chi connectivity index (χ3v) is 3.35. The summed E-state index contributed by atoms with van der Waals surface area (Å²) in [5, 5.41) is 0. The lowest BCUT2D eigenvalue weighted by atomic mass is 9.96. The second kappa shape index (κ2) is 6.66. The molecule has 0 atom stereocenters. The van der Waals surface area contributed by atoms with E-state index in [2.05, 4.69) is 13.8 Å². The number of halogens is 1. The van der Waals surface area contributed by atoms with E-state index < -0.39 is 9.05 Å². The van der Waals surface area contributed by atoms with E-state index in [0.29, 0.717) is 12.3 Å². The van der Waals surface area contributed by atoms with E-state index in [1.807, 2.05) is 0 Å². The van der Waals surface area contributed by atoms with Crippen LogP contribution in [0.25, 0.3) is 0 Å². The summed E-state index contributed by atoms with van der Waals surface area (Å²) in [5.41, 5.74) is 0. The lowest BCUT2D eigenvalue weighted by Gasteiger charge is -2.13. The van der Waals surface area contributed by atoms with Crippen molar-refractivity contribution in [1.82, 2.24) is 0 Å². The smallest absolute Gasteiger partial charge is 0.212 e. The topological polar surface area (TPSA) is 34.1 Å². The normalized spacial score (nSPS) is 12.3. The molecule has 80 valence electrons. The third-order valence-electron chi connectivity index (χ3n) is 2.16. The highest BCUT2D eigenvalue weighted by Crippen LogP contribution is 2.19. The minimum atomic E-state index is -3.28. The molecule has 0 saturated carbocycles. The van der Waals surface area contributed by atoms with Crippen LogP contribution in [0.15, 0.2) is 0 Å². The van der Waals surface area contributed by atoms with Gasteiger partial charge in [-0.2, -0.15) is 0 Å². The van der Waals surface area contributed by atoms with Gasteiger partial charge in [-0.1, -0.05) is 39.5 Å². The van der Waals surface area contributed by atoms with Gasteiger partial charge in [0.2, 0.25) is 9.05 Å². The van der Waals surface area contributed by atoms with Crippen molar-refractivity contribution >= 4 is 19.7 Å². The molecule has 0 aromatic carbocycles. The largest absolute Gasteiger partial charge is 0.232 e. The first-order valence-electron chi connectivity index (χ1n) is 4.92. The van der Waals surface area contributed by atoms with Gasteiger partial charge < -0.3 is 0 Å². The Hall–Kier alpha value is 0.240. The average molecular weight is 227 g/mol. The Morgan fingerprint density at radius 2 is 1.54 bits per heavy atom. The van der Waals surface area contributed by atoms with Crippen molar-refractivity contribution in [2.45, 2.75) is 46.0 Å². The Kier molecular flexibility index (Phi) is 6.78. The van der Waals surface area contributed by atoms with Gasteiger partial charge in [-0.25, -0.2) is 8.42 Å². The second-order valence-electron chi connectivity index (χ2n) is 3.48. The second-order valence-corrected chi connectivity index (χ2v) is 6.37. The van der Waals surface area contributed by atoms with Gasteiger partial charge in [0, 0.05) is 10.7 Å². The standard InChI is InChI=1S/C9H19ClO2S/c1-3-5-9(6-4-2)7-8-13(10,11)12/h9H,3-8H2,1-2H3. The van der Waals surface area contributed by atoms with E-state index in [-0.39, 0.29) is 5.75 Å². The van der Waals surface area contributed by atoms with Gasteiger partial charge >= 0.3 is 0 Å². The van der Waals surface area contributed by atoms with Crippen LogP contribution in [0.2, 0.25) is 0 Å². The fourth-order valence-corrected chi connectivity index (χ4v) is 2.44. The number of rotatable bonds is 7. The molecule has 0 saturated heterocycles. The van der Waals surface area contributed by atoms with Crippen LogP contribution in [-0.2, 0) is 9.05 Å². The summed E-state index contributed by atoms with van der Waals surface area (Å²) in [4.78, 5) is 0. The molecule has 0 aliphatic heterocycles. The van der Waals surface area contributed by atoms with E-state index in [1.54, 1.807) is 0 Å². The van der Waals surface area contributed by atoms with Crippen molar-refractivity contribution in [2.24, 2.45) is 5.92 Å². The van der Waals surface area contributed by atoms with Crippen LogP contribution < -0.4 is 0 Å². The molecule has 0 aromatic heterocycles. The maximum absolute atomic E-state index is 10.7. The zero-order chi connectivity index (χ0) is 10.3. The van der Waals surface area contributed by atoms with Crippen LogP contribution in [0.4, 0.5) is 0 Å². The third kappa shape index (κ3) is 8.57. The molecule has 4 heteroatoms. The molecule has 0 aromatic rings. The molecule has 13 heavy (non-hydrogen) atoms. The summed E-state index contributed by atoms with van der Waals surface area (Å²) >= 11 is 0. The molecular weight excluding hydrogens is 208 g/mol. The van der Waals surface area contributed by atoms with Crippen LogP contribution in [0.1, 0.15) is 46.0 Å². The van der Waals surface area contributed by atoms with Gasteiger partial charge in [-0.05, 0) is 12.3 Å². The first-order valence-corrected chi connectivity index (χ1v) is 7.39. The highest BCUT2D eigenvalue weighted by atomic mass is 35.7. The van der Waals surface area contributed by atoms with Crippen molar-refractivity contribution in [1.29, 1.82) is 0 Å². The summed E-state index contributed by atoms with van der Waals surface area (Å²) in [6, 6.07) is 0. The summed E-state index contributed by atoms with van der Waals surface area (Å²) in [7, 11) is 1.87. The monoisotopic (exact) mass is 226 g/mol. The van der Waals surface area contributed by atoms with Crippen molar-refractivity contribution in [3.63, 3.8) is 0 Å².